The first-order valence-electron chi connectivity index (χ1n) is 7.87. The smallest absolute Gasteiger partial charge is 0.241 e. The molecule has 1 fully saturated rings. The molecule has 128 valence electrons. The van der Waals surface area contributed by atoms with Crippen LogP contribution in [0.1, 0.15) is 18.5 Å². The molecule has 23 heavy (non-hydrogen) atoms. The predicted molar refractivity (Wildman–Crippen MR) is 88.0 cm³/mol. The molecule has 8 heteroatoms. The molecule has 2 N–H and O–H groups in total. The average Bonchev–Trinajstić information content (AvgIpc) is 3.17. The Bertz CT molecular complexity index is 534. The van der Waals surface area contributed by atoms with E-state index in [1.807, 2.05) is 13.1 Å². The molecule has 0 radical (unpaired) electrons. The van der Waals surface area contributed by atoms with Crippen LogP contribution in [0.25, 0.3) is 0 Å². The minimum atomic E-state index is -0.00264. The number of rotatable bonds is 6. The molecule has 0 aromatic carbocycles. The van der Waals surface area contributed by atoms with Gasteiger partial charge in [-0.2, -0.15) is 5.10 Å². The summed E-state index contributed by atoms with van der Waals surface area (Å²) >= 11 is 0. The largest absolute Gasteiger partial charge is 0.376 e. The lowest BCUT2D eigenvalue weighted by atomic mass is 10.2. The van der Waals surface area contributed by atoms with Crippen LogP contribution in [0.5, 0.6) is 0 Å². The van der Waals surface area contributed by atoms with Gasteiger partial charge in [0.15, 0.2) is 5.96 Å². The number of nitrogens with zero attached hydrogens (tertiary/aromatic N) is 4. The molecule has 0 aliphatic carbocycles. The summed E-state index contributed by atoms with van der Waals surface area (Å²) in [6.45, 7) is 2.21. The molecule has 1 atom stereocenters. The highest BCUT2D eigenvalue weighted by atomic mass is 16.5. The number of aliphatic imine (C=N–C) groups is 1. The van der Waals surface area contributed by atoms with Gasteiger partial charge in [0.25, 0.3) is 0 Å². The van der Waals surface area contributed by atoms with E-state index in [1.165, 1.54) is 0 Å². The zero-order valence-corrected chi connectivity index (χ0v) is 14.1. The third-order valence-electron chi connectivity index (χ3n) is 3.75. The Morgan fingerprint density at radius 3 is 2.96 bits per heavy atom. The maximum Gasteiger partial charge on any atom is 0.241 e. The minimum absolute atomic E-state index is 0.00264. The van der Waals surface area contributed by atoms with E-state index in [0.717, 1.165) is 25.1 Å². The molecule has 1 unspecified atom stereocenters. The van der Waals surface area contributed by atoms with E-state index in [-0.39, 0.29) is 18.6 Å². The highest BCUT2D eigenvalue weighted by molar-refractivity contribution is 5.86. The molecular weight excluding hydrogens is 296 g/mol. The number of likely N-dealkylation sites (N-methyl/N-ethyl adjacent to an activating group) is 1. The van der Waals surface area contributed by atoms with Crippen molar-refractivity contribution in [2.75, 3.05) is 33.8 Å². The Kier molecular flexibility index (Phi) is 6.40. The van der Waals surface area contributed by atoms with E-state index in [1.54, 1.807) is 29.9 Å². The zero-order chi connectivity index (χ0) is 16.7. The van der Waals surface area contributed by atoms with Crippen molar-refractivity contribution in [2.24, 2.45) is 12.0 Å². The summed E-state index contributed by atoms with van der Waals surface area (Å²) in [5, 5.41) is 10.4. The average molecular weight is 322 g/mol. The van der Waals surface area contributed by atoms with Crippen molar-refractivity contribution in [1.29, 1.82) is 0 Å². The second-order valence-corrected chi connectivity index (χ2v) is 5.77. The summed E-state index contributed by atoms with van der Waals surface area (Å²) in [7, 11) is 5.35. The van der Waals surface area contributed by atoms with E-state index in [0.29, 0.717) is 19.0 Å². The van der Waals surface area contributed by atoms with Crippen LogP contribution in [0.15, 0.2) is 17.3 Å². The Morgan fingerprint density at radius 2 is 2.35 bits per heavy atom. The number of amides is 1. The fourth-order valence-electron chi connectivity index (χ4n) is 2.22. The van der Waals surface area contributed by atoms with Crippen molar-refractivity contribution in [3.63, 3.8) is 0 Å². The van der Waals surface area contributed by atoms with E-state index in [2.05, 4.69) is 20.7 Å². The number of hydrogen-bond acceptors (Lipinski definition) is 4. The lowest BCUT2D eigenvalue weighted by Crippen LogP contribution is -2.45. The molecule has 0 saturated carbocycles. The molecule has 0 bridgehead atoms. The predicted octanol–water partition coefficient (Wildman–Crippen LogP) is -0.277. The highest BCUT2D eigenvalue weighted by Crippen LogP contribution is 2.10. The summed E-state index contributed by atoms with van der Waals surface area (Å²) < 4.78 is 7.39. The van der Waals surface area contributed by atoms with Gasteiger partial charge in [-0.3, -0.25) is 9.48 Å². The normalized spacial score (nSPS) is 18.0. The Balaban J connectivity index is 1.91. The van der Waals surface area contributed by atoms with Gasteiger partial charge < -0.3 is 20.3 Å². The number of hydrogen-bond donors (Lipinski definition) is 2. The number of ether oxygens (including phenoxy) is 1. The topological polar surface area (TPSA) is 83.8 Å². The van der Waals surface area contributed by atoms with E-state index >= 15 is 0 Å². The molecule has 0 spiro atoms. The number of carbonyl (C=O) groups excluding carboxylic acids is 1. The standard InChI is InChI=1S/C15H26N6O2/c1-20(2)14(22)11-18-15(17-10-13-5-4-8-23-13)16-9-12-6-7-19-21(12)3/h6-7,13H,4-5,8-11H2,1-3H3,(H2,16,17,18). The lowest BCUT2D eigenvalue weighted by molar-refractivity contribution is -0.127. The number of nitrogens with one attached hydrogen (secondary N) is 2. The molecule has 1 aromatic rings. The highest BCUT2D eigenvalue weighted by Gasteiger charge is 2.16. The van der Waals surface area contributed by atoms with Gasteiger partial charge in [-0.25, -0.2) is 4.99 Å². The molecule has 2 heterocycles. The number of aromatic nitrogens is 2. The third-order valence-corrected chi connectivity index (χ3v) is 3.75. The summed E-state index contributed by atoms with van der Waals surface area (Å²) in [6.07, 6.45) is 4.11. The van der Waals surface area contributed by atoms with Crippen molar-refractivity contribution in [3.8, 4) is 0 Å². The summed E-state index contributed by atoms with van der Waals surface area (Å²) in [5.74, 6) is 0.606. The second kappa shape index (κ2) is 8.52. The van der Waals surface area contributed by atoms with E-state index in [9.17, 15) is 4.79 Å². The van der Waals surface area contributed by atoms with Gasteiger partial charge in [0.1, 0.15) is 0 Å². The van der Waals surface area contributed by atoms with Crippen molar-refractivity contribution < 1.29 is 9.53 Å². The molecule has 1 aromatic heterocycles. The maximum absolute atomic E-state index is 11.7. The Labute approximate surface area is 136 Å². The molecule has 2 rings (SSSR count). The first-order chi connectivity index (χ1) is 11.1. The van der Waals surface area contributed by atoms with E-state index in [4.69, 9.17) is 4.74 Å². The van der Waals surface area contributed by atoms with Crippen LogP contribution >= 0.6 is 0 Å². The van der Waals surface area contributed by atoms with Gasteiger partial charge >= 0.3 is 0 Å². The summed E-state index contributed by atoms with van der Waals surface area (Å²) in [4.78, 5) is 17.8. The van der Waals surface area contributed by atoms with Crippen molar-refractivity contribution in [2.45, 2.75) is 25.5 Å². The first kappa shape index (κ1) is 17.3. The Hall–Kier alpha value is -2.09. The number of aryl methyl sites for hydroxylation is 1. The molecule has 1 amide bonds. The summed E-state index contributed by atoms with van der Waals surface area (Å²) in [5.41, 5.74) is 1.00. The fraction of sp³-hybridized carbons (Fsp3) is 0.667. The third kappa shape index (κ3) is 5.55. The second-order valence-electron chi connectivity index (χ2n) is 5.77. The SMILES string of the molecule is CN(C)C(=O)CNC(=NCc1ccnn1C)NCC1CCCO1. The fourth-order valence-corrected chi connectivity index (χ4v) is 2.22. The molecule has 8 nitrogen and oxygen atoms in total. The van der Waals surface area contributed by atoms with Crippen LogP contribution in [0.2, 0.25) is 0 Å². The summed E-state index contributed by atoms with van der Waals surface area (Å²) in [6, 6.07) is 1.92. The number of guanidine groups is 1. The quantitative estimate of drug-likeness (QED) is 0.556. The maximum atomic E-state index is 11.7. The van der Waals surface area contributed by atoms with Crippen LogP contribution in [0.3, 0.4) is 0 Å². The monoisotopic (exact) mass is 322 g/mol. The van der Waals surface area contributed by atoms with Gasteiger partial charge in [-0.1, -0.05) is 0 Å². The van der Waals surface area contributed by atoms with Crippen LogP contribution in [-0.4, -0.2) is 66.4 Å². The van der Waals surface area contributed by atoms with Gasteiger partial charge in [-0.15, -0.1) is 0 Å². The molecule has 1 saturated heterocycles. The van der Waals surface area contributed by atoms with Crippen molar-refractivity contribution in [3.05, 3.63) is 18.0 Å². The van der Waals surface area contributed by atoms with Crippen molar-refractivity contribution >= 4 is 11.9 Å². The van der Waals surface area contributed by atoms with Gasteiger partial charge in [0, 0.05) is 40.5 Å². The van der Waals surface area contributed by atoms with Crippen LogP contribution in [0, 0.1) is 0 Å². The van der Waals surface area contributed by atoms with Crippen LogP contribution in [-0.2, 0) is 23.1 Å². The minimum Gasteiger partial charge on any atom is -0.376 e. The first-order valence-corrected chi connectivity index (χ1v) is 7.87. The Morgan fingerprint density at radius 1 is 1.52 bits per heavy atom. The molecule has 1 aliphatic rings. The molecule has 1 aliphatic heterocycles. The van der Waals surface area contributed by atoms with Gasteiger partial charge in [0.2, 0.25) is 5.91 Å². The van der Waals surface area contributed by atoms with Gasteiger partial charge in [-0.05, 0) is 18.9 Å². The molecular formula is C15H26N6O2. The van der Waals surface area contributed by atoms with E-state index < -0.39 is 0 Å². The number of carbonyl (C=O) groups is 1. The lowest BCUT2D eigenvalue weighted by Gasteiger charge is -2.17. The van der Waals surface area contributed by atoms with Crippen molar-refractivity contribution in [1.82, 2.24) is 25.3 Å². The zero-order valence-electron chi connectivity index (χ0n) is 14.1. The van der Waals surface area contributed by atoms with Crippen LogP contribution < -0.4 is 10.6 Å². The van der Waals surface area contributed by atoms with Crippen LogP contribution in [0.4, 0.5) is 0 Å². The van der Waals surface area contributed by atoms with Gasteiger partial charge in [0.05, 0.1) is 24.9 Å².